The average molecular weight is 1060 g/mol. The second-order valence-corrected chi connectivity index (χ2v) is 24.4. The minimum atomic E-state index is -3.33. The van der Waals surface area contributed by atoms with Crippen molar-refractivity contribution in [1.82, 2.24) is 9.80 Å². The fourth-order valence-electron chi connectivity index (χ4n) is 13.0. The standard InChI is InChI=1S/C43H84N6O6P2.6ClH/c44-8-4-12-48(13-5-9-45)16-20-56(50,54-34-42-28-36-22-37(29-42)24-38(23-36)30-42)52-18-2-1-3-19-53-57(51,21-17-49(14-6-10-46)15-7-11-47)55-35-43-31-39-25-40(32-43)27-41(26-39)33-43;;;;;;/h36-41H,1-35,44-47H2;6*1H. The van der Waals surface area contributed by atoms with Crippen molar-refractivity contribution in [3.63, 3.8) is 0 Å². The number of nitrogens with zero attached hydrogens (tertiary/aromatic N) is 2. The molecular weight excluding hydrogens is 971 g/mol. The minimum absolute atomic E-state index is 0. The molecule has 0 heterocycles. The zero-order valence-electron chi connectivity index (χ0n) is 38.2. The van der Waals surface area contributed by atoms with E-state index in [1.54, 1.807) is 0 Å². The van der Waals surface area contributed by atoms with E-state index in [0.29, 0.717) is 78.0 Å². The van der Waals surface area contributed by atoms with Crippen LogP contribution in [0.3, 0.4) is 0 Å². The van der Waals surface area contributed by atoms with Crippen molar-refractivity contribution in [2.75, 3.05) is 104 Å². The van der Waals surface area contributed by atoms with Gasteiger partial charge in [-0.05, 0) is 221 Å². The van der Waals surface area contributed by atoms with Gasteiger partial charge in [0.15, 0.2) is 0 Å². The van der Waals surface area contributed by atoms with Gasteiger partial charge in [0.05, 0.1) is 38.8 Å². The number of halogens is 6. The smallest absolute Gasteiger partial charge is 0.330 e. The fraction of sp³-hybridized carbons (Fsp3) is 1.00. The Hall–Kier alpha value is 1.80. The Morgan fingerprint density at radius 1 is 0.397 bits per heavy atom. The molecule has 0 aromatic carbocycles. The number of unbranched alkanes of at least 4 members (excludes halogenated alkanes) is 2. The van der Waals surface area contributed by atoms with Gasteiger partial charge in [-0.2, -0.15) is 0 Å². The first-order valence-corrected chi connectivity index (χ1v) is 27.0. The molecule has 0 aromatic rings. The normalized spacial score (nSPS) is 30.3. The summed E-state index contributed by atoms with van der Waals surface area (Å²) in [5.74, 6) is 4.89. The third-order valence-corrected chi connectivity index (χ3v) is 18.6. The molecule has 8 rings (SSSR count). The molecule has 380 valence electrons. The molecule has 8 aliphatic carbocycles. The van der Waals surface area contributed by atoms with Gasteiger partial charge in [0.1, 0.15) is 0 Å². The lowest BCUT2D eigenvalue weighted by molar-refractivity contribution is -0.0768. The van der Waals surface area contributed by atoms with Gasteiger partial charge in [-0.25, -0.2) is 0 Å². The predicted octanol–water partition coefficient (Wildman–Crippen LogP) is 9.57. The quantitative estimate of drug-likeness (QED) is 0.0371. The molecule has 0 aromatic heterocycles. The molecule has 0 saturated heterocycles. The molecule has 8 bridgehead atoms. The van der Waals surface area contributed by atoms with Crippen molar-refractivity contribution in [3.8, 4) is 0 Å². The summed E-state index contributed by atoms with van der Waals surface area (Å²) in [5.41, 5.74) is 23.7. The van der Waals surface area contributed by atoms with E-state index in [4.69, 9.17) is 41.0 Å². The lowest BCUT2D eigenvalue weighted by Gasteiger charge is -2.56. The molecule has 0 radical (unpaired) electrons. The number of hydrogen-bond donors (Lipinski definition) is 4. The Morgan fingerprint density at radius 2 is 0.667 bits per heavy atom. The van der Waals surface area contributed by atoms with E-state index in [1.165, 1.54) is 77.0 Å². The largest absolute Gasteiger partial charge is 0.331 e. The Bertz CT molecular complexity index is 1140. The third kappa shape index (κ3) is 20.2. The summed E-state index contributed by atoms with van der Waals surface area (Å²) in [6, 6.07) is 0. The Balaban J connectivity index is 0.00000641. The topological polar surface area (TPSA) is 182 Å². The van der Waals surface area contributed by atoms with Crippen LogP contribution in [0.1, 0.15) is 122 Å². The molecule has 0 spiro atoms. The zero-order valence-corrected chi connectivity index (χ0v) is 44.9. The second-order valence-electron chi connectivity index (χ2n) is 20.0. The maximum Gasteiger partial charge on any atom is 0.331 e. The first-order valence-electron chi connectivity index (χ1n) is 23.6. The van der Waals surface area contributed by atoms with Crippen LogP contribution in [0.25, 0.3) is 0 Å². The highest BCUT2D eigenvalue weighted by atomic mass is 35.5. The van der Waals surface area contributed by atoms with Crippen molar-refractivity contribution in [2.24, 2.45) is 69.3 Å². The van der Waals surface area contributed by atoms with Gasteiger partial charge in [-0.3, -0.25) is 9.13 Å². The summed E-state index contributed by atoms with van der Waals surface area (Å²) in [6.45, 7) is 9.14. The van der Waals surface area contributed by atoms with Gasteiger partial charge < -0.3 is 50.8 Å². The van der Waals surface area contributed by atoms with Gasteiger partial charge in [-0.15, -0.1) is 74.4 Å². The molecule has 2 atom stereocenters. The van der Waals surface area contributed by atoms with Crippen LogP contribution in [-0.4, -0.2) is 114 Å². The van der Waals surface area contributed by atoms with E-state index < -0.39 is 15.2 Å². The summed E-state index contributed by atoms with van der Waals surface area (Å²) in [7, 11) is -6.66. The molecule has 8 aliphatic rings. The number of hydrogen-bond acceptors (Lipinski definition) is 12. The molecule has 0 amide bonds. The van der Waals surface area contributed by atoms with Crippen LogP contribution in [-0.2, 0) is 27.2 Å². The number of nitrogens with two attached hydrogens (primary N) is 4. The van der Waals surface area contributed by atoms with Crippen molar-refractivity contribution < 1.29 is 27.2 Å². The minimum Gasteiger partial charge on any atom is -0.330 e. The van der Waals surface area contributed by atoms with Crippen LogP contribution in [0.2, 0.25) is 0 Å². The van der Waals surface area contributed by atoms with Crippen LogP contribution < -0.4 is 22.9 Å². The van der Waals surface area contributed by atoms with Crippen molar-refractivity contribution in [1.29, 1.82) is 0 Å². The molecular formula is C43H90Cl6N6O6P2. The molecule has 8 N–H and O–H groups in total. The Morgan fingerprint density at radius 3 is 0.921 bits per heavy atom. The van der Waals surface area contributed by atoms with Crippen LogP contribution in [0.4, 0.5) is 0 Å². The van der Waals surface area contributed by atoms with E-state index in [2.05, 4.69) is 9.80 Å². The van der Waals surface area contributed by atoms with Gasteiger partial charge >= 0.3 is 15.2 Å². The molecule has 0 aliphatic heterocycles. The maximum absolute atomic E-state index is 14.5. The average Bonchev–Trinajstić information content (AvgIpc) is 3.18. The predicted molar refractivity (Wildman–Crippen MR) is 275 cm³/mol. The highest BCUT2D eigenvalue weighted by Crippen LogP contribution is 2.63. The summed E-state index contributed by atoms with van der Waals surface area (Å²) < 4.78 is 54.7. The lowest BCUT2D eigenvalue weighted by atomic mass is 9.50. The fourth-order valence-corrected chi connectivity index (χ4v) is 16.5. The summed E-state index contributed by atoms with van der Waals surface area (Å²) in [4.78, 5) is 4.64. The lowest BCUT2D eigenvalue weighted by Crippen LogP contribution is -2.48. The highest BCUT2D eigenvalue weighted by molar-refractivity contribution is 7.54. The van der Waals surface area contributed by atoms with Crippen molar-refractivity contribution in [2.45, 2.75) is 122 Å². The van der Waals surface area contributed by atoms with Crippen LogP contribution in [0, 0.1) is 46.3 Å². The molecule has 8 fully saturated rings. The van der Waals surface area contributed by atoms with Crippen LogP contribution in [0.15, 0.2) is 0 Å². The van der Waals surface area contributed by atoms with Crippen LogP contribution in [0.5, 0.6) is 0 Å². The van der Waals surface area contributed by atoms with E-state index in [0.717, 1.165) is 107 Å². The summed E-state index contributed by atoms with van der Waals surface area (Å²) in [6.07, 6.45) is 22.2. The highest BCUT2D eigenvalue weighted by Gasteiger charge is 2.53. The van der Waals surface area contributed by atoms with E-state index in [9.17, 15) is 9.13 Å². The first kappa shape index (κ1) is 64.8. The molecule has 12 nitrogen and oxygen atoms in total. The monoisotopic (exact) mass is 1060 g/mol. The van der Waals surface area contributed by atoms with Gasteiger partial charge in [0, 0.05) is 13.1 Å². The Labute approximate surface area is 419 Å². The van der Waals surface area contributed by atoms with Crippen molar-refractivity contribution >= 4 is 89.6 Å². The van der Waals surface area contributed by atoms with Crippen LogP contribution >= 0.6 is 89.6 Å². The van der Waals surface area contributed by atoms with E-state index >= 15 is 0 Å². The van der Waals surface area contributed by atoms with Gasteiger partial charge in [0.2, 0.25) is 0 Å². The number of rotatable bonds is 32. The molecule has 63 heavy (non-hydrogen) atoms. The van der Waals surface area contributed by atoms with Gasteiger partial charge in [0.25, 0.3) is 0 Å². The first-order chi connectivity index (χ1) is 27.6. The molecule has 20 heteroatoms. The third-order valence-electron chi connectivity index (χ3n) is 14.9. The zero-order chi connectivity index (χ0) is 40.2. The van der Waals surface area contributed by atoms with Crippen molar-refractivity contribution in [3.05, 3.63) is 0 Å². The SMILES string of the molecule is Cl.Cl.Cl.Cl.Cl.Cl.NCCCN(CCCN)CCP(=O)(OCCCCCOP(=O)(CCN(CCCN)CCCN)OCC12CC3CC(CC(C3)C1)C2)OCC12CC3CC(CC(C3)C1)C2. The summed E-state index contributed by atoms with van der Waals surface area (Å²) in [5, 5.41) is 0. The second kappa shape index (κ2) is 31.9. The molecule has 2 unspecified atom stereocenters. The maximum atomic E-state index is 14.5. The van der Waals surface area contributed by atoms with E-state index in [-0.39, 0.29) is 85.3 Å². The Kier molecular flexibility index (Phi) is 32.8. The summed E-state index contributed by atoms with van der Waals surface area (Å²) >= 11 is 0. The molecule has 8 saturated carbocycles. The van der Waals surface area contributed by atoms with E-state index in [1.807, 2.05) is 0 Å². The van der Waals surface area contributed by atoms with Gasteiger partial charge in [-0.1, -0.05) is 0 Å².